The van der Waals surface area contributed by atoms with E-state index in [-0.39, 0.29) is 23.5 Å². The molecule has 0 N–H and O–H groups in total. The van der Waals surface area contributed by atoms with Crippen LogP contribution in [0, 0.1) is 18.2 Å². The number of thiazole rings is 1. The molecular formula is C25H20FN3O3S2. The number of halogens is 1. The molecule has 9 heteroatoms. The van der Waals surface area contributed by atoms with Gasteiger partial charge in [0.1, 0.15) is 5.82 Å². The van der Waals surface area contributed by atoms with Crippen LogP contribution in [0.15, 0.2) is 82.7 Å². The molecule has 0 atom stereocenters. The number of benzene rings is 3. The Hall–Kier alpha value is -3.74. The van der Waals surface area contributed by atoms with E-state index in [1.165, 1.54) is 40.7 Å². The molecule has 1 heterocycles. The molecule has 1 aromatic heterocycles. The maximum absolute atomic E-state index is 13.6. The molecule has 172 valence electrons. The Morgan fingerprint density at radius 1 is 1.12 bits per heavy atom. The molecule has 34 heavy (non-hydrogen) atoms. The Kier molecular flexibility index (Phi) is 6.63. The van der Waals surface area contributed by atoms with Crippen molar-refractivity contribution in [1.82, 2.24) is 4.57 Å². The van der Waals surface area contributed by atoms with Crippen LogP contribution >= 0.6 is 11.3 Å². The number of carbonyl (C=O) groups excluding carboxylic acids is 1. The molecule has 0 bridgehead atoms. The van der Waals surface area contributed by atoms with Crippen molar-refractivity contribution in [2.24, 2.45) is 4.99 Å². The highest BCUT2D eigenvalue weighted by atomic mass is 32.2. The molecule has 0 aliphatic heterocycles. The maximum Gasteiger partial charge on any atom is 0.279 e. The Bertz CT molecular complexity index is 1570. The molecule has 0 saturated heterocycles. The summed E-state index contributed by atoms with van der Waals surface area (Å²) in [5.74, 6) is 1.56. The number of para-hydroxylation sites is 1. The lowest BCUT2D eigenvalue weighted by Gasteiger charge is -2.22. The topological polar surface area (TPSA) is 71.7 Å². The molecule has 0 radical (unpaired) electrons. The largest absolute Gasteiger partial charge is 0.305 e. The number of nitrogens with zero attached hydrogens (tertiary/aromatic N) is 3. The molecule has 0 unspecified atom stereocenters. The van der Waals surface area contributed by atoms with Gasteiger partial charge in [0, 0.05) is 12.1 Å². The number of aromatic nitrogens is 1. The van der Waals surface area contributed by atoms with Crippen LogP contribution in [0.5, 0.6) is 0 Å². The number of fused-ring (bicyclic) bond motifs is 1. The number of anilines is 1. The molecule has 0 saturated carbocycles. The van der Waals surface area contributed by atoms with Crippen molar-refractivity contribution >= 4 is 43.2 Å². The lowest BCUT2D eigenvalue weighted by Crippen LogP contribution is -2.30. The van der Waals surface area contributed by atoms with Gasteiger partial charge >= 0.3 is 0 Å². The normalized spacial score (nSPS) is 12.0. The SMILES string of the molecule is C#CCn1c(=NC(=O)c2ccc(S(=O)(=O)N(CC)c3ccccc3)cc2)sc2cc(F)ccc21. The average molecular weight is 494 g/mol. The maximum atomic E-state index is 13.6. The highest BCUT2D eigenvalue weighted by molar-refractivity contribution is 7.92. The smallest absolute Gasteiger partial charge is 0.279 e. The number of terminal acetylenes is 1. The number of hydrogen-bond acceptors (Lipinski definition) is 4. The van der Waals surface area contributed by atoms with Gasteiger partial charge < -0.3 is 4.57 Å². The van der Waals surface area contributed by atoms with Crippen LogP contribution in [0.25, 0.3) is 10.2 Å². The summed E-state index contributed by atoms with van der Waals surface area (Å²) in [7, 11) is -3.81. The van der Waals surface area contributed by atoms with Gasteiger partial charge in [-0.1, -0.05) is 35.5 Å². The van der Waals surface area contributed by atoms with Gasteiger partial charge in [-0.05, 0) is 61.5 Å². The van der Waals surface area contributed by atoms with E-state index < -0.39 is 21.7 Å². The van der Waals surface area contributed by atoms with Gasteiger partial charge in [0.2, 0.25) is 0 Å². The number of carbonyl (C=O) groups is 1. The van der Waals surface area contributed by atoms with Crippen molar-refractivity contribution in [3.8, 4) is 12.3 Å². The Balaban J connectivity index is 1.68. The fourth-order valence-corrected chi connectivity index (χ4v) is 6.04. The van der Waals surface area contributed by atoms with Crippen LogP contribution in [0.1, 0.15) is 17.3 Å². The third kappa shape index (κ3) is 4.51. The van der Waals surface area contributed by atoms with Crippen molar-refractivity contribution in [1.29, 1.82) is 0 Å². The zero-order valence-corrected chi connectivity index (χ0v) is 19.8. The second-order valence-electron chi connectivity index (χ2n) is 7.23. The van der Waals surface area contributed by atoms with Gasteiger partial charge in [-0.2, -0.15) is 4.99 Å². The fourth-order valence-electron chi connectivity index (χ4n) is 3.51. The van der Waals surface area contributed by atoms with E-state index in [1.54, 1.807) is 41.8 Å². The molecule has 3 aromatic carbocycles. The zero-order chi connectivity index (χ0) is 24.3. The van der Waals surface area contributed by atoms with Crippen molar-refractivity contribution in [3.63, 3.8) is 0 Å². The summed E-state index contributed by atoms with van der Waals surface area (Å²) in [6.07, 6.45) is 5.46. The summed E-state index contributed by atoms with van der Waals surface area (Å²) >= 11 is 1.15. The Morgan fingerprint density at radius 3 is 2.47 bits per heavy atom. The van der Waals surface area contributed by atoms with Gasteiger partial charge in [0.15, 0.2) is 4.80 Å². The van der Waals surface area contributed by atoms with E-state index in [0.29, 0.717) is 20.7 Å². The van der Waals surface area contributed by atoms with E-state index in [9.17, 15) is 17.6 Å². The van der Waals surface area contributed by atoms with Crippen LogP contribution in [-0.2, 0) is 16.6 Å². The number of rotatable bonds is 6. The highest BCUT2D eigenvalue weighted by Crippen LogP contribution is 2.24. The standard InChI is InChI=1S/C25H20FN3O3S2/c1-3-16-28-22-15-12-19(26)17-23(22)33-25(28)27-24(30)18-10-13-21(14-11-18)34(31,32)29(4-2)20-8-6-5-7-9-20/h1,5-15,17H,4,16H2,2H3. The van der Waals surface area contributed by atoms with Crippen molar-refractivity contribution < 1.29 is 17.6 Å². The van der Waals surface area contributed by atoms with Crippen molar-refractivity contribution in [3.05, 3.63) is 89.0 Å². The molecule has 6 nitrogen and oxygen atoms in total. The first-order chi connectivity index (χ1) is 16.3. The summed E-state index contributed by atoms with van der Waals surface area (Å²) in [6.45, 7) is 2.18. The minimum atomic E-state index is -3.81. The number of sulfonamides is 1. The van der Waals surface area contributed by atoms with Gasteiger partial charge in [-0.15, -0.1) is 6.42 Å². The quantitative estimate of drug-likeness (QED) is 0.373. The molecule has 0 aliphatic carbocycles. The third-order valence-electron chi connectivity index (χ3n) is 5.11. The number of hydrogen-bond donors (Lipinski definition) is 0. The molecule has 0 aliphatic rings. The van der Waals surface area contributed by atoms with E-state index in [1.807, 2.05) is 6.07 Å². The minimum absolute atomic E-state index is 0.0643. The van der Waals surface area contributed by atoms with Crippen LogP contribution < -0.4 is 9.11 Å². The lowest BCUT2D eigenvalue weighted by atomic mass is 10.2. The van der Waals surface area contributed by atoms with Crippen LogP contribution in [-0.4, -0.2) is 25.4 Å². The zero-order valence-electron chi connectivity index (χ0n) is 18.2. The van der Waals surface area contributed by atoms with Crippen LogP contribution in [0.3, 0.4) is 0 Å². The first-order valence-corrected chi connectivity index (χ1v) is 12.6. The molecule has 0 fully saturated rings. The van der Waals surface area contributed by atoms with E-state index in [0.717, 1.165) is 11.3 Å². The van der Waals surface area contributed by atoms with Crippen molar-refractivity contribution in [2.45, 2.75) is 18.4 Å². The molecule has 4 aromatic rings. The Labute approximate surface area is 200 Å². The third-order valence-corrected chi connectivity index (χ3v) is 8.07. The summed E-state index contributed by atoms with van der Waals surface area (Å²) < 4.78 is 43.5. The minimum Gasteiger partial charge on any atom is -0.305 e. The second kappa shape index (κ2) is 9.63. The molecule has 1 amide bonds. The fraction of sp³-hybridized carbons (Fsp3) is 0.120. The van der Waals surface area contributed by atoms with Crippen LogP contribution in [0.2, 0.25) is 0 Å². The van der Waals surface area contributed by atoms with Crippen molar-refractivity contribution in [2.75, 3.05) is 10.8 Å². The number of amides is 1. The van der Waals surface area contributed by atoms with Gasteiger partial charge in [0.25, 0.3) is 15.9 Å². The van der Waals surface area contributed by atoms with E-state index >= 15 is 0 Å². The van der Waals surface area contributed by atoms with Gasteiger partial charge in [0.05, 0.1) is 27.3 Å². The van der Waals surface area contributed by atoms with E-state index in [2.05, 4.69) is 10.9 Å². The predicted molar refractivity (Wildman–Crippen MR) is 132 cm³/mol. The van der Waals surface area contributed by atoms with Gasteiger partial charge in [-0.25, -0.2) is 12.8 Å². The monoisotopic (exact) mass is 493 g/mol. The van der Waals surface area contributed by atoms with Gasteiger partial charge in [-0.3, -0.25) is 9.10 Å². The molecular weight excluding hydrogens is 473 g/mol. The molecule has 4 rings (SSSR count). The summed E-state index contributed by atoms with van der Waals surface area (Å²) in [6, 6.07) is 18.7. The lowest BCUT2D eigenvalue weighted by molar-refractivity contribution is 0.0998. The van der Waals surface area contributed by atoms with Crippen LogP contribution in [0.4, 0.5) is 10.1 Å². The Morgan fingerprint density at radius 2 is 1.82 bits per heavy atom. The first kappa shape index (κ1) is 23.4. The average Bonchev–Trinajstić information content (AvgIpc) is 3.16. The second-order valence-corrected chi connectivity index (χ2v) is 10.1. The predicted octanol–water partition coefficient (Wildman–Crippen LogP) is 4.43. The first-order valence-electron chi connectivity index (χ1n) is 10.3. The summed E-state index contributed by atoms with van der Waals surface area (Å²) in [5, 5.41) is 0. The van der Waals surface area contributed by atoms with E-state index in [4.69, 9.17) is 6.42 Å². The summed E-state index contributed by atoms with van der Waals surface area (Å²) in [5.41, 5.74) is 1.45. The summed E-state index contributed by atoms with van der Waals surface area (Å²) in [4.78, 5) is 17.4. The molecule has 0 spiro atoms. The highest BCUT2D eigenvalue weighted by Gasteiger charge is 2.23.